The van der Waals surface area contributed by atoms with Crippen molar-refractivity contribution in [2.45, 2.75) is 11.8 Å². The minimum absolute atomic E-state index is 0.116. The van der Waals surface area contributed by atoms with Gasteiger partial charge in [-0.15, -0.1) is 0 Å². The van der Waals surface area contributed by atoms with E-state index in [9.17, 15) is 13.2 Å². The zero-order valence-corrected chi connectivity index (χ0v) is 16.4. The Kier molecular flexibility index (Phi) is 5.51. The summed E-state index contributed by atoms with van der Waals surface area (Å²) >= 11 is 6.01. The fourth-order valence-corrected chi connectivity index (χ4v) is 3.93. The molecule has 0 aromatic heterocycles. The number of carbonyl (C=O) groups is 1. The molecule has 0 bridgehead atoms. The topological polar surface area (TPSA) is 63.7 Å². The largest absolute Gasteiger partial charge is 0.424 e. The Labute approximate surface area is 163 Å². The number of carbonyl (C=O) groups excluding carboxylic acids is 1. The summed E-state index contributed by atoms with van der Waals surface area (Å²) < 4.78 is 31.7. The van der Waals surface area contributed by atoms with Crippen LogP contribution in [0.4, 0.5) is 0 Å². The van der Waals surface area contributed by atoms with Gasteiger partial charge in [0.2, 0.25) is 10.0 Å². The van der Waals surface area contributed by atoms with Crippen molar-refractivity contribution in [2.75, 3.05) is 13.6 Å². The van der Waals surface area contributed by atoms with Crippen molar-refractivity contribution in [3.05, 3.63) is 71.2 Å². The first-order chi connectivity index (χ1) is 12.8. The van der Waals surface area contributed by atoms with Gasteiger partial charge >= 0.3 is 5.97 Å². The molecule has 0 amide bonds. The summed E-state index contributed by atoms with van der Waals surface area (Å²) in [6, 6.07) is 17.3. The lowest BCUT2D eigenvalue weighted by atomic mass is 10.1. The van der Waals surface area contributed by atoms with Crippen LogP contribution in [0.5, 0.6) is 5.75 Å². The van der Waals surface area contributed by atoms with E-state index in [2.05, 4.69) is 0 Å². The number of sulfonamides is 1. The average molecular weight is 404 g/mol. The predicted molar refractivity (Wildman–Crippen MR) is 106 cm³/mol. The molecular formula is C20H18ClNO4S. The van der Waals surface area contributed by atoms with E-state index in [1.54, 1.807) is 30.3 Å². The van der Waals surface area contributed by atoms with Crippen LogP contribution in [0.15, 0.2) is 65.6 Å². The summed E-state index contributed by atoms with van der Waals surface area (Å²) in [4.78, 5) is 12.3. The average Bonchev–Trinajstić information content (AvgIpc) is 2.64. The third kappa shape index (κ3) is 4.30. The van der Waals surface area contributed by atoms with Crippen molar-refractivity contribution in [2.24, 2.45) is 0 Å². The Morgan fingerprint density at radius 3 is 2.48 bits per heavy atom. The molecule has 0 atom stereocenters. The van der Waals surface area contributed by atoms with E-state index in [-0.39, 0.29) is 15.7 Å². The van der Waals surface area contributed by atoms with Crippen molar-refractivity contribution in [3.8, 4) is 5.75 Å². The van der Waals surface area contributed by atoms with Crippen LogP contribution >= 0.6 is 11.6 Å². The van der Waals surface area contributed by atoms with Crippen LogP contribution in [0.3, 0.4) is 0 Å². The van der Waals surface area contributed by atoms with E-state index in [1.807, 2.05) is 31.2 Å². The maximum atomic E-state index is 12.8. The fraction of sp³-hybridized carbons (Fsp3) is 0.150. The van der Waals surface area contributed by atoms with Gasteiger partial charge in [-0.25, -0.2) is 8.42 Å². The first-order valence-electron chi connectivity index (χ1n) is 8.19. The third-order valence-electron chi connectivity index (χ3n) is 4.09. The first kappa shape index (κ1) is 19.4. The molecule has 7 heteroatoms. The van der Waals surface area contributed by atoms with E-state index in [4.69, 9.17) is 16.3 Å². The molecule has 3 aromatic rings. The molecule has 0 unspecified atom stereocenters. The van der Waals surface area contributed by atoms with E-state index >= 15 is 0 Å². The quantitative estimate of drug-likeness (QED) is 0.476. The maximum Gasteiger partial charge on any atom is 0.326 e. The molecule has 0 radical (unpaired) electrons. The Balaban J connectivity index is 1.78. The SMILES string of the molecule is Cc1ccc(Cl)c(OC(=O)CN(C)S(=O)(=O)c2ccc3ccccc3c2)c1. The molecule has 3 rings (SSSR count). The van der Waals surface area contributed by atoms with E-state index in [0.717, 1.165) is 20.6 Å². The minimum Gasteiger partial charge on any atom is -0.424 e. The number of aryl methyl sites for hydroxylation is 1. The predicted octanol–water partition coefficient (Wildman–Crippen LogP) is 4.03. The van der Waals surface area contributed by atoms with E-state index in [1.165, 1.54) is 13.1 Å². The Bertz CT molecular complexity index is 1110. The van der Waals surface area contributed by atoms with Crippen LogP contribution in [0.1, 0.15) is 5.56 Å². The number of rotatable bonds is 5. The summed E-state index contributed by atoms with van der Waals surface area (Å²) in [5.74, 6) is -0.507. The Morgan fingerprint density at radius 1 is 1.04 bits per heavy atom. The molecule has 0 saturated heterocycles. The Hall–Kier alpha value is -2.41. The number of benzene rings is 3. The lowest BCUT2D eigenvalue weighted by Crippen LogP contribution is -2.34. The van der Waals surface area contributed by atoms with Gasteiger partial charge in [0.05, 0.1) is 9.92 Å². The molecule has 27 heavy (non-hydrogen) atoms. The van der Waals surface area contributed by atoms with Gasteiger partial charge in [0.15, 0.2) is 0 Å². The van der Waals surface area contributed by atoms with Crippen molar-refractivity contribution in [3.63, 3.8) is 0 Å². The summed E-state index contributed by atoms with van der Waals surface area (Å²) in [6.07, 6.45) is 0. The van der Waals surface area contributed by atoms with Crippen LogP contribution in [0, 0.1) is 6.92 Å². The van der Waals surface area contributed by atoms with E-state index in [0.29, 0.717) is 0 Å². The smallest absolute Gasteiger partial charge is 0.326 e. The molecule has 0 heterocycles. The number of hydrogen-bond acceptors (Lipinski definition) is 4. The standard InChI is InChI=1S/C20H18ClNO4S/c1-14-7-10-18(21)19(11-14)26-20(23)13-22(2)27(24,25)17-9-8-15-5-3-4-6-16(15)12-17/h3-12H,13H2,1-2H3. The van der Waals surface area contributed by atoms with Crippen molar-refractivity contribution in [1.82, 2.24) is 4.31 Å². The highest BCUT2D eigenvalue weighted by Crippen LogP contribution is 2.26. The first-order valence-corrected chi connectivity index (χ1v) is 10.0. The van der Waals surface area contributed by atoms with Crippen LogP contribution < -0.4 is 4.74 Å². The highest BCUT2D eigenvalue weighted by Gasteiger charge is 2.24. The van der Waals surface area contributed by atoms with Gasteiger partial charge in [-0.2, -0.15) is 4.31 Å². The van der Waals surface area contributed by atoms with Gasteiger partial charge < -0.3 is 4.74 Å². The van der Waals surface area contributed by atoms with Gasteiger partial charge in [-0.3, -0.25) is 4.79 Å². The number of halogens is 1. The molecule has 0 aliphatic carbocycles. The van der Waals surface area contributed by atoms with Crippen molar-refractivity contribution >= 4 is 38.4 Å². The zero-order valence-electron chi connectivity index (χ0n) is 14.8. The lowest BCUT2D eigenvalue weighted by molar-refractivity contribution is -0.134. The van der Waals surface area contributed by atoms with Crippen molar-refractivity contribution < 1.29 is 17.9 Å². The molecular weight excluding hydrogens is 386 g/mol. The molecule has 0 spiro atoms. The normalized spacial score (nSPS) is 11.7. The highest BCUT2D eigenvalue weighted by atomic mass is 35.5. The van der Waals surface area contributed by atoms with Gasteiger partial charge in [-0.05, 0) is 47.5 Å². The summed E-state index contributed by atoms with van der Waals surface area (Å²) in [6.45, 7) is 1.41. The van der Waals surface area contributed by atoms with Gasteiger partial charge in [0.25, 0.3) is 0 Å². The summed E-state index contributed by atoms with van der Waals surface area (Å²) in [7, 11) is -2.50. The van der Waals surface area contributed by atoms with Crippen LogP contribution in [-0.4, -0.2) is 32.3 Å². The summed E-state index contributed by atoms with van der Waals surface area (Å²) in [5, 5.41) is 2.03. The molecule has 0 aliphatic heterocycles. The number of nitrogens with zero attached hydrogens (tertiary/aromatic N) is 1. The lowest BCUT2D eigenvalue weighted by Gasteiger charge is -2.17. The highest BCUT2D eigenvalue weighted by molar-refractivity contribution is 7.89. The molecule has 0 aliphatic rings. The molecule has 0 N–H and O–H groups in total. The number of likely N-dealkylation sites (N-methyl/N-ethyl adjacent to an activating group) is 1. The molecule has 3 aromatic carbocycles. The van der Waals surface area contributed by atoms with Gasteiger partial charge in [0, 0.05) is 7.05 Å². The minimum atomic E-state index is -3.84. The third-order valence-corrected chi connectivity index (χ3v) is 6.20. The maximum absolute atomic E-state index is 12.8. The molecule has 140 valence electrons. The Morgan fingerprint density at radius 2 is 1.74 bits per heavy atom. The number of ether oxygens (including phenoxy) is 1. The van der Waals surface area contributed by atoms with Crippen LogP contribution in [0.25, 0.3) is 10.8 Å². The molecule has 5 nitrogen and oxygen atoms in total. The van der Waals surface area contributed by atoms with Crippen LogP contribution in [-0.2, 0) is 14.8 Å². The second-order valence-electron chi connectivity index (χ2n) is 6.18. The second kappa shape index (κ2) is 7.68. The molecule has 0 saturated carbocycles. The summed E-state index contributed by atoms with van der Waals surface area (Å²) in [5.41, 5.74) is 0.874. The van der Waals surface area contributed by atoms with Gasteiger partial charge in [0.1, 0.15) is 12.3 Å². The fourth-order valence-electron chi connectivity index (χ4n) is 2.62. The zero-order chi connectivity index (χ0) is 19.6. The van der Waals surface area contributed by atoms with Crippen molar-refractivity contribution in [1.29, 1.82) is 0 Å². The molecule has 0 fully saturated rings. The number of esters is 1. The monoisotopic (exact) mass is 403 g/mol. The number of hydrogen-bond donors (Lipinski definition) is 0. The van der Waals surface area contributed by atoms with Gasteiger partial charge in [-0.1, -0.05) is 48.0 Å². The van der Waals surface area contributed by atoms with Crippen LogP contribution in [0.2, 0.25) is 5.02 Å². The second-order valence-corrected chi connectivity index (χ2v) is 8.63. The number of fused-ring (bicyclic) bond motifs is 1. The van der Waals surface area contributed by atoms with E-state index < -0.39 is 22.5 Å².